The molecule has 1 aromatic heterocycles. The number of rotatable bonds is 8. The normalized spacial score (nSPS) is 33.4. The molecule has 4 aliphatic rings. The Kier molecular flexibility index (Phi) is 7.17. The minimum Gasteiger partial charge on any atom is -0.477 e. The van der Waals surface area contributed by atoms with E-state index < -0.39 is 30.1 Å². The number of tetrazole rings is 1. The molecule has 0 radical (unpaired) electrons. The van der Waals surface area contributed by atoms with Gasteiger partial charge in [0.2, 0.25) is 17.7 Å². The van der Waals surface area contributed by atoms with Crippen LogP contribution in [0.15, 0.2) is 16.9 Å². The molecule has 0 unspecified atom stereocenters. The minimum atomic E-state index is -1.16. The third-order valence-electron chi connectivity index (χ3n) is 8.09. The summed E-state index contributed by atoms with van der Waals surface area (Å²) >= 11 is 1.45. The van der Waals surface area contributed by atoms with Crippen LogP contribution in [0.4, 0.5) is 0 Å². The molecule has 5 N–H and O–H groups in total. The number of thioether (sulfide) groups is 1. The van der Waals surface area contributed by atoms with Gasteiger partial charge < -0.3 is 31.1 Å². The summed E-state index contributed by atoms with van der Waals surface area (Å²) in [6.07, 6.45) is 2.63. The minimum absolute atomic E-state index is 0.00406. The zero-order chi connectivity index (χ0) is 27.3. The molecule has 38 heavy (non-hydrogen) atoms. The molecule has 8 atom stereocenters. The van der Waals surface area contributed by atoms with Crippen LogP contribution in [0.5, 0.6) is 0 Å². The number of aromatic nitrogens is 4. The first kappa shape index (κ1) is 26.6. The number of carboxylic acids is 1. The first-order chi connectivity index (χ1) is 18.1. The lowest BCUT2D eigenvalue weighted by Crippen LogP contribution is -2.66. The van der Waals surface area contributed by atoms with Gasteiger partial charge in [0.15, 0.2) is 0 Å². The molecule has 15 heteroatoms. The first-order valence-electron chi connectivity index (χ1n) is 12.8. The van der Waals surface area contributed by atoms with Gasteiger partial charge in [-0.05, 0) is 36.6 Å². The van der Waals surface area contributed by atoms with Gasteiger partial charge in [0.25, 0.3) is 0 Å². The Morgan fingerprint density at radius 3 is 2.68 bits per heavy atom. The average Bonchev–Trinajstić information content (AvgIpc) is 3.63. The Hall–Kier alpha value is -3.04. The summed E-state index contributed by atoms with van der Waals surface area (Å²) in [5, 5.41) is 33.4. The summed E-state index contributed by atoms with van der Waals surface area (Å²) in [7, 11) is 0. The van der Waals surface area contributed by atoms with Crippen LogP contribution < -0.4 is 11.1 Å². The van der Waals surface area contributed by atoms with Crippen LogP contribution in [0.3, 0.4) is 0 Å². The van der Waals surface area contributed by atoms with E-state index in [1.807, 2.05) is 6.92 Å². The smallest absolute Gasteiger partial charge is 0.353 e. The maximum atomic E-state index is 13.1. The van der Waals surface area contributed by atoms with Crippen LogP contribution in [0.25, 0.3) is 0 Å². The van der Waals surface area contributed by atoms with Crippen molar-refractivity contribution in [2.45, 2.75) is 69.1 Å². The van der Waals surface area contributed by atoms with Crippen LogP contribution in [0.2, 0.25) is 0 Å². The average molecular weight is 549 g/mol. The molecule has 3 amide bonds. The molecule has 1 aliphatic carbocycles. The predicted octanol–water partition coefficient (Wildman–Crippen LogP) is -1.62. The standard InChI is InChI=1S/C23H32N8O6S/c1-10-18-17(11(2)26-16(33)8-30-9-25-27-28-30)22(35)31(18)19(23(36)37)20(10)38-13-4-3-12(5-13)21(34)29-6-14(24)15(32)7-29/h9-15,17-18,32H,3-8,24H2,1-2H3,(H,26,33)(H,36,37)/t10-,11-,12+,13-,14+,15-,17-,18-/m1/s1. The fourth-order valence-corrected chi connectivity index (χ4v) is 7.78. The Balaban J connectivity index is 1.23. The van der Waals surface area contributed by atoms with E-state index in [-0.39, 0.29) is 59.6 Å². The number of β-lactam (4-membered cyclic amide) rings is 1. The van der Waals surface area contributed by atoms with Gasteiger partial charge in [-0.1, -0.05) is 6.92 Å². The van der Waals surface area contributed by atoms with Crippen LogP contribution in [0.1, 0.15) is 33.1 Å². The number of β-amino-alcohol motifs (C(OH)–C–C–N with tert-alkyl or cyclic N) is 1. The molecule has 1 aromatic rings. The van der Waals surface area contributed by atoms with Gasteiger partial charge in [0.1, 0.15) is 18.6 Å². The number of likely N-dealkylation sites (tertiary alicyclic amines) is 1. The van der Waals surface area contributed by atoms with E-state index in [4.69, 9.17) is 5.73 Å². The number of fused-ring (bicyclic) bond motifs is 1. The van der Waals surface area contributed by atoms with Gasteiger partial charge in [-0.2, -0.15) is 0 Å². The molecule has 206 valence electrons. The number of hydrogen-bond acceptors (Lipinski definition) is 10. The Morgan fingerprint density at radius 1 is 1.29 bits per heavy atom. The molecule has 1 saturated carbocycles. The first-order valence-corrected chi connectivity index (χ1v) is 13.6. The van der Waals surface area contributed by atoms with Gasteiger partial charge in [0, 0.05) is 47.2 Å². The van der Waals surface area contributed by atoms with E-state index in [9.17, 15) is 29.4 Å². The molecular weight excluding hydrogens is 516 g/mol. The Morgan fingerprint density at radius 2 is 2.05 bits per heavy atom. The SMILES string of the molecule is C[C@@H](NC(=O)Cn1cnnn1)[C@H]1C(=O)N2C(C(=O)O)=C(S[C@@H]3CC[C@H](C(=O)N4C[C@@H](O)[C@@H](N)C4)C3)[C@H](C)[C@H]12. The maximum Gasteiger partial charge on any atom is 0.353 e. The number of carboxylic acid groups (broad SMARTS) is 1. The molecule has 0 bridgehead atoms. The van der Waals surface area contributed by atoms with Crippen LogP contribution in [-0.2, 0) is 25.7 Å². The van der Waals surface area contributed by atoms with Crippen molar-refractivity contribution in [3.05, 3.63) is 16.9 Å². The highest BCUT2D eigenvalue weighted by Gasteiger charge is 2.60. The van der Waals surface area contributed by atoms with Crippen LogP contribution in [0, 0.1) is 17.8 Å². The number of hydrogen-bond donors (Lipinski definition) is 4. The highest BCUT2D eigenvalue weighted by atomic mass is 32.2. The molecule has 14 nitrogen and oxygen atoms in total. The second-order valence-corrected chi connectivity index (χ2v) is 12.0. The lowest BCUT2D eigenvalue weighted by molar-refractivity contribution is -0.158. The molecule has 5 rings (SSSR count). The molecule has 3 aliphatic heterocycles. The Bertz CT molecular complexity index is 1150. The monoisotopic (exact) mass is 548 g/mol. The number of nitrogens with two attached hydrogens (primary N) is 1. The number of carbonyl (C=O) groups is 4. The van der Waals surface area contributed by atoms with Crippen molar-refractivity contribution in [3.63, 3.8) is 0 Å². The molecule has 4 heterocycles. The van der Waals surface area contributed by atoms with Crippen molar-refractivity contribution >= 4 is 35.5 Å². The zero-order valence-corrected chi connectivity index (χ0v) is 22.0. The summed E-state index contributed by atoms with van der Waals surface area (Å²) in [4.78, 5) is 54.4. The van der Waals surface area contributed by atoms with E-state index in [2.05, 4.69) is 20.8 Å². The molecule has 3 fully saturated rings. The third kappa shape index (κ3) is 4.66. The van der Waals surface area contributed by atoms with E-state index in [1.165, 1.54) is 27.7 Å². The van der Waals surface area contributed by atoms with Crippen LogP contribution >= 0.6 is 11.8 Å². The van der Waals surface area contributed by atoms with Crippen molar-refractivity contribution in [1.29, 1.82) is 0 Å². The van der Waals surface area contributed by atoms with Gasteiger partial charge in [-0.25, -0.2) is 9.48 Å². The summed E-state index contributed by atoms with van der Waals surface area (Å²) in [5.74, 6) is -2.83. The number of aliphatic hydroxyl groups is 1. The second-order valence-electron chi connectivity index (χ2n) is 10.6. The lowest BCUT2D eigenvalue weighted by Gasteiger charge is -2.47. The summed E-state index contributed by atoms with van der Waals surface area (Å²) < 4.78 is 1.27. The van der Waals surface area contributed by atoms with Crippen molar-refractivity contribution in [2.24, 2.45) is 23.5 Å². The van der Waals surface area contributed by atoms with E-state index >= 15 is 0 Å². The third-order valence-corrected chi connectivity index (χ3v) is 9.67. The van der Waals surface area contributed by atoms with Gasteiger partial charge in [-0.15, -0.1) is 16.9 Å². The van der Waals surface area contributed by atoms with Crippen molar-refractivity contribution < 1.29 is 29.4 Å². The summed E-state index contributed by atoms with van der Waals surface area (Å²) in [6.45, 7) is 4.14. The lowest BCUT2D eigenvalue weighted by atomic mass is 9.78. The summed E-state index contributed by atoms with van der Waals surface area (Å²) in [5.41, 5.74) is 5.86. The topological polar surface area (TPSA) is 197 Å². The predicted molar refractivity (Wildman–Crippen MR) is 133 cm³/mol. The second kappa shape index (κ2) is 10.3. The number of aliphatic hydroxyl groups excluding tert-OH is 1. The molecule has 0 spiro atoms. The van der Waals surface area contributed by atoms with Gasteiger partial charge >= 0.3 is 5.97 Å². The fraction of sp³-hybridized carbons (Fsp3) is 0.696. The Labute approximate surface area is 222 Å². The number of aliphatic carboxylic acids is 1. The zero-order valence-electron chi connectivity index (χ0n) is 21.1. The molecular formula is C23H32N8O6S. The van der Waals surface area contributed by atoms with Crippen LogP contribution in [-0.4, -0.2) is 106 Å². The number of nitrogens with one attached hydrogen (secondary N) is 1. The van der Waals surface area contributed by atoms with Crippen molar-refractivity contribution in [3.8, 4) is 0 Å². The molecule has 2 saturated heterocycles. The van der Waals surface area contributed by atoms with Gasteiger partial charge in [0.05, 0.1) is 18.1 Å². The highest BCUT2D eigenvalue weighted by molar-refractivity contribution is 8.03. The van der Waals surface area contributed by atoms with E-state index in [0.29, 0.717) is 24.3 Å². The maximum absolute atomic E-state index is 13.1. The highest BCUT2D eigenvalue weighted by Crippen LogP contribution is 2.53. The molecule has 0 aromatic carbocycles. The van der Waals surface area contributed by atoms with E-state index in [0.717, 1.165) is 6.42 Å². The quantitative estimate of drug-likeness (QED) is 0.273. The number of carbonyl (C=O) groups excluding carboxylic acids is 3. The fourth-order valence-electron chi connectivity index (χ4n) is 6.19. The van der Waals surface area contributed by atoms with Gasteiger partial charge in [-0.3, -0.25) is 14.4 Å². The van der Waals surface area contributed by atoms with Crippen molar-refractivity contribution in [1.82, 2.24) is 35.3 Å². The largest absolute Gasteiger partial charge is 0.477 e. The summed E-state index contributed by atoms with van der Waals surface area (Å²) in [6, 6.07) is -1.31. The van der Waals surface area contributed by atoms with E-state index in [1.54, 1.807) is 11.8 Å². The van der Waals surface area contributed by atoms with Crippen molar-refractivity contribution in [2.75, 3.05) is 13.1 Å². The number of amides is 3. The number of nitrogens with zero attached hydrogens (tertiary/aromatic N) is 6.